The van der Waals surface area contributed by atoms with Gasteiger partial charge in [-0.2, -0.15) is 5.10 Å². The molecule has 2 aromatic carbocycles. The average molecular weight is 413 g/mol. The van der Waals surface area contributed by atoms with Crippen LogP contribution in [0.1, 0.15) is 29.3 Å². The number of anilines is 1. The van der Waals surface area contributed by atoms with Crippen LogP contribution in [0.5, 0.6) is 0 Å². The van der Waals surface area contributed by atoms with Gasteiger partial charge in [-0.05, 0) is 55.8 Å². The number of aryl methyl sites for hydroxylation is 1. The van der Waals surface area contributed by atoms with Gasteiger partial charge in [0.25, 0.3) is 5.91 Å². The predicted molar refractivity (Wildman–Crippen MR) is 106 cm³/mol. The van der Waals surface area contributed by atoms with Gasteiger partial charge in [-0.15, -0.1) is 0 Å². The molecule has 2 aromatic rings. The molecule has 2 rings (SSSR count). The van der Waals surface area contributed by atoms with Crippen LogP contribution in [0.25, 0.3) is 0 Å². The number of carbonyl (C=O) groups excluding carboxylic acids is 2. The van der Waals surface area contributed by atoms with Crippen molar-refractivity contribution < 1.29 is 9.59 Å². The maximum Gasteiger partial charge on any atom is 0.272 e. The molecule has 0 aliphatic rings. The Morgan fingerprint density at radius 3 is 2.35 bits per heavy atom. The zero-order valence-electron chi connectivity index (χ0n) is 14.1. The quantitative estimate of drug-likeness (QED) is 0.530. The van der Waals surface area contributed by atoms with Gasteiger partial charge < -0.3 is 5.32 Å². The highest BCUT2D eigenvalue weighted by Crippen LogP contribution is 2.21. The molecule has 0 spiro atoms. The van der Waals surface area contributed by atoms with Gasteiger partial charge >= 0.3 is 0 Å². The van der Waals surface area contributed by atoms with Crippen molar-refractivity contribution in [1.82, 2.24) is 5.43 Å². The van der Waals surface area contributed by atoms with E-state index in [1.54, 1.807) is 31.2 Å². The van der Waals surface area contributed by atoms with Crippen molar-refractivity contribution in [3.63, 3.8) is 0 Å². The maximum absolute atomic E-state index is 12.1. The number of rotatable bonds is 5. The summed E-state index contributed by atoms with van der Waals surface area (Å²) in [6, 6.07) is 9.71. The second kappa shape index (κ2) is 9.03. The molecule has 0 saturated heterocycles. The summed E-state index contributed by atoms with van der Waals surface area (Å²) in [6.45, 7) is 3.48. The molecule has 0 saturated carbocycles. The number of nitrogens with one attached hydrogen (secondary N) is 2. The van der Waals surface area contributed by atoms with Crippen molar-refractivity contribution in [1.29, 1.82) is 0 Å². The fourth-order valence-corrected chi connectivity index (χ4v) is 2.83. The zero-order valence-corrected chi connectivity index (χ0v) is 16.3. The molecule has 0 heterocycles. The Morgan fingerprint density at radius 2 is 1.69 bits per heavy atom. The Kier molecular flexibility index (Phi) is 7.03. The summed E-state index contributed by atoms with van der Waals surface area (Å²) in [5.74, 6) is -0.740. The summed E-state index contributed by atoms with van der Waals surface area (Å²) in [5.41, 5.74) is 4.58. The van der Waals surface area contributed by atoms with E-state index in [4.69, 9.17) is 34.8 Å². The molecule has 26 heavy (non-hydrogen) atoms. The first-order valence-electron chi connectivity index (χ1n) is 7.61. The molecule has 2 amide bonds. The number of nitrogens with zero attached hydrogens (tertiary/aromatic N) is 1. The van der Waals surface area contributed by atoms with Gasteiger partial charge in [0, 0.05) is 21.4 Å². The Labute approximate surface area is 166 Å². The van der Waals surface area contributed by atoms with Gasteiger partial charge in [0.2, 0.25) is 5.91 Å². The summed E-state index contributed by atoms with van der Waals surface area (Å²) in [6.07, 6.45) is 0.0245. The number of benzene rings is 2. The van der Waals surface area contributed by atoms with Crippen molar-refractivity contribution in [3.05, 3.63) is 62.6 Å². The lowest BCUT2D eigenvalue weighted by atomic mass is 10.2. The van der Waals surface area contributed by atoms with Gasteiger partial charge in [-0.1, -0.05) is 34.8 Å². The monoisotopic (exact) mass is 411 g/mol. The number of hydrogen-bond acceptors (Lipinski definition) is 3. The van der Waals surface area contributed by atoms with Crippen LogP contribution < -0.4 is 10.7 Å². The summed E-state index contributed by atoms with van der Waals surface area (Å²) in [4.78, 5) is 24.2. The third-order valence-corrected chi connectivity index (χ3v) is 4.19. The number of amides is 2. The second-order valence-corrected chi connectivity index (χ2v) is 6.88. The summed E-state index contributed by atoms with van der Waals surface area (Å²) < 4.78 is 0. The van der Waals surface area contributed by atoms with Crippen LogP contribution in [0, 0.1) is 6.92 Å². The van der Waals surface area contributed by atoms with Crippen molar-refractivity contribution in [2.75, 3.05) is 5.32 Å². The minimum atomic E-state index is -0.486. The Bertz CT molecular complexity index is 882. The Hall–Kier alpha value is -2.08. The van der Waals surface area contributed by atoms with E-state index in [-0.39, 0.29) is 22.9 Å². The minimum Gasteiger partial charge on any atom is -0.326 e. The van der Waals surface area contributed by atoms with E-state index >= 15 is 0 Å². The molecule has 0 aliphatic heterocycles. The normalized spacial score (nSPS) is 11.2. The van der Waals surface area contributed by atoms with Crippen molar-refractivity contribution in [3.8, 4) is 0 Å². The van der Waals surface area contributed by atoms with E-state index in [2.05, 4.69) is 15.8 Å². The molecule has 0 aromatic heterocycles. The molecule has 0 radical (unpaired) electrons. The summed E-state index contributed by atoms with van der Waals surface area (Å²) in [5, 5.41) is 7.95. The first-order chi connectivity index (χ1) is 12.3. The lowest BCUT2D eigenvalue weighted by molar-refractivity contribution is -0.115. The first-order valence-corrected chi connectivity index (χ1v) is 8.74. The topological polar surface area (TPSA) is 70.6 Å². The standard InChI is InChI=1S/C18H16Cl3N3O2/c1-10-7-12(19)4-6-16(10)22-17(25)8-11(2)23-24-18(26)14-5-3-13(20)9-15(14)21/h3-7,9H,8H2,1-2H3,(H,22,25)(H,24,26). The van der Waals surface area contributed by atoms with Gasteiger partial charge in [0.1, 0.15) is 0 Å². The van der Waals surface area contributed by atoms with E-state index in [0.29, 0.717) is 21.4 Å². The van der Waals surface area contributed by atoms with Crippen LogP contribution in [0.3, 0.4) is 0 Å². The first kappa shape index (κ1) is 20.2. The highest BCUT2D eigenvalue weighted by Gasteiger charge is 2.11. The van der Waals surface area contributed by atoms with E-state index in [1.165, 1.54) is 12.1 Å². The van der Waals surface area contributed by atoms with E-state index in [0.717, 1.165) is 5.56 Å². The molecule has 136 valence electrons. The van der Waals surface area contributed by atoms with Crippen LogP contribution >= 0.6 is 34.8 Å². The van der Waals surface area contributed by atoms with Gasteiger partial charge in [-0.25, -0.2) is 5.43 Å². The molecular formula is C18H16Cl3N3O2. The van der Waals surface area contributed by atoms with E-state index in [9.17, 15) is 9.59 Å². The number of hydrogen-bond donors (Lipinski definition) is 2. The smallest absolute Gasteiger partial charge is 0.272 e. The van der Waals surface area contributed by atoms with Crippen LogP contribution in [0.2, 0.25) is 15.1 Å². The van der Waals surface area contributed by atoms with Gasteiger partial charge in [-0.3, -0.25) is 9.59 Å². The third-order valence-electron chi connectivity index (χ3n) is 3.40. The lowest BCUT2D eigenvalue weighted by Gasteiger charge is -2.09. The highest BCUT2D eigenvalue weighted by atomic mass is 35.5. The van der Waals surface area contributed by atoms with E-state index in [1.807, 2.05) is 6.92 Å². The second-order valence-electron chi connectivity index (χ2n) is 5.60. The van der Waals surface area contributed by atoms with Crippen molar-refractivity contribution in [2.45, 2.75) is 20.3 Å². The van der Waals surface area contributed by atoms with Crippen LogP contribution in [0.15, 0.2) is 41.5 Å². The van der Waals surface area contributed by atoms with Crippen molar-refractivity contribution >= 4 is 58.0 Å². The fourth-order valence-electron chi connectivity index (χ4n) is 2.11. The number of halogens is 3. The highest BCUT2D eigenvalue weighted by molar-refractivity contribution is 6.36. The Morgan fingerprint density at radius 1 is 1.04 bits per heavy atom. The molecule has 0 fully saturated rings. The Balaban J connectivity index is 1.94. The van der Waals surface area contributed by atoms with Crippen LogP contribution in [-0.2, 0) is 4.79 Å². The molecule has 0 aliphatic carbocycles. The molecular weight excluding hydrogens is 397 g/mol. The number of hydrazone groups is 1. The van der Waals surface area contributed by atoms with E-state index < -0.39 is 5.91 Å². The summed E-state index contributed by atoms with van der Waals surface area (Å²) >= 11 is 17.7. The zero-order chi connectivity index (χ0) is 19.3. The number of carbonyl (C=O) groups is 2. The van der Waals surface area contributed by atoms with Crippen LogP contribution in [-0.4, -0.2) is 17.5 Å². The van der Waals surface area contributed by atoms with Gasteiger partial charge in [0.05, 0.1) is 17.0 Å². The third kappa shape index (κ3) is 5.73. The van der Waals surface area contributed by atoms with Gasteiger partial charge in [0.15, 0.2) is 0 Å². The van der Waals surface area contributed by atoms with Crippen molar-refractivity contribution in [2.24, 2.45) is 5.10 Å². The fraction of sp³-hybridized carbons (Fsp3) is 0.167. The largest absolute Gasteiger partial charge is 0.326 e. The molecule has 2 N–H and O–H groups in total. The molecule has 0 bridgehead atoms. The minimum absolute atomic E-state index is 0.0245. The maximum atomic E-state index is 12.1. The molecule has 5 nitrogen and oxygen atoms in total. The molecule has 0 unspecified atom stereocenters. The molecule has 8 heteroatoms. The predicted octanol–water partition coefficient (Wildman–Crippen LogP) is 5.09. The SMILES string of the molecule is CC(CC(=O)Nc1ccc(Cl)cc1C)=NNC(=O)c1ccc(Cl)cc1Cl. The van der Waals surface area contributed by atoms with Crippen LogP contribution in [0.4, 0.5) is 5.69 Å². The average Bonchev–Trinajstić information content (AvgIpc) is 2.55. The lowest BCUT2D eigenvalue weighted by Crippen LogP contribution is -2.22. The summed E-state index contributed by atoms with van der Waals surface area (Å²) in [7, 11) is 0. The molecule has 0 atom stereocenters.